The minimum atomic E-state index is -0.178. The fourth-order valence-corrected chi connectivity index (χ4v) is 1.54. The zero-order valence-corrected chi connectivity index (χ0v) is 8.99. The van der Waals surface area contributed by atoms with Crippen molar-refractivity contribution in [3.05, 3.63) is 45.3 Å². The third kappa shape index (κ3) is 2.21. The van der Waals surface area contributed by atoms with Crippen molar-refractivity contribution >= 4 is 12.2 Å². The van der Waals surface area contributed by atoms with Crippen LogP contribution in [0.5, 0.6) is 0 Å². The standard InChI is InChI=1S/C9H10N4OS/c1-12-5-7(4-10-12)6-13-3-2-8(14)11-9(13)15/h2-5H,6H2,1H3,(H,11,14,15). The first kappa shape index (κ1) is 9.85. The van der Waals surface area contributed by atoms with Crippen LogP contribution in [0.3, 0.4) is 0 Å². The molecular formula is C9H10N4OS. The molecule has 5 nitrogen and oxygen atoms in total. The summed E-state index contributed by atoms with van der Waals surface area (Å²) in [6, 6.07) is 1.45. The molecule has 15 heavy (non-hydrogen) atoms. The molecule has 78 valence electrons. The Bertz CT molecular complexity index is 580. The van der Waals surface area contributed by atoms with Crippen LogP contribution in [0.25, 0.3) is 0 Å². The van der Waals surface area contributed by atoms with E-state index in [2.05, 4.69) is 10.1 Å². The number of hydrogen-bond acceptors (Lipinski definition) is 3. The van der Waals surface area contributed by atoms with Gasteiger partial charge in [0.2, 0.25) is 0 Å². The third-order valence-corrected chi connectivity index (χ3v) is 2.34. The van der Waals surface area contributed by atoms with E-state index in [-0.39, 0.29) is 5.56 Å². The van der Waals surface area contributed by atoms with Gasteiger partial charge < -0.3 is 4.57 Å². The SMILES string of the molecule is Cn1cc(Cn2ccc(=O)[nH]c2=S)cn1. The molecule has 0 saturated heterocycles. The lowest BCUT2D eigenvalue weighted by Gasteiger charge is -2.02. The van der Waals surface area contributed by atoms with E-state index >= 15 is 0 Å². The normalized spacial score (nSPS) is 10.5. The van der Waals surface area contributed by atoms with Crippen LogP contribution < -0.4 is 5.56 Å². The topological polar surface area (TPSA) is 55.6 Å². The molecule has 0 aliphatic carbocycles. The molecule has 0 unspecified atom stereocenters. The molecule has 1 N–H and O–H groups in total. The number of H-pyrrole nitrogens is 1. The highest BCUT2D eigenvalue weighted by Gasteiger charge is 1.98. The maximum atomic E-state index is 10.9. The van der Waals surface area contributed by atoms with Gasteiger partial charge in [0.15, 0.2) is 4.77 Å². The van der Waals surface area contributed by atoms with Crippen molar-refractivity contribution in [3.8, 4) is 0 Å². The molecular weight excluding hydrogens is 212 g/mol. The van der Waals surface area contributed by atoms with Gasteiger partial charge in [-0.25, -0.2) is 0 Å². The Balaban J connectivity index is 2.32. The van der Waals surface area contributed by atoms with E-state index in [9.17, 15) is 4.79 Å². The summed E-state index contributed by atoms with van der Waals surface area (Å²) in [5.74, 6) is 0. The van der Waals surface area contributed by atoms with E-state index in [1.54, 1.807) is 21.6 Å². The Hall–Kier alpha value is -1.69. The lowest BCUT2D eigenvalue weighted by molar-refractivity contribution is 0.739. The average Bonchev–Trinajstić information content (AvgIpc) is 2.56. The quantitative estimate of drug-likeness (QED) is 0.760. The van der Waals surface area contributed by atoms with Crippen LogP contribution in [0, 0.1) is 4.77 Å². The van der Waals surface area contributed by atoms with Gasteiger partial charge in [-0.2, -0.15) is 5.10 Å². The number of aromatic amines is 1. The van der Waals surface area contributed by atoms with Gasteiger partial charge in [0.1, 0.15) is 0 Å². The predicted molar refractivity (Wildman–Crippen MR) is 58.2 cm³/mol. The lowest BCUT2D eigenvalue weighted by atomic mass is 10.3. The summed E-state index contributed by atoms with van der Waals surface area (Å²) >= 11 is 5.03. The zero-order valence-electron chi connectivity index (χ0n) is 8.17. The molecule has 0 amide bonds. The van der Waals surface area contributed by atoms with Gasteiger partial charge in [0.05, 0.1) is 12.7 Å². The summed E-state index contributed by atoms with van der Waals surface area (Å²) in [6.07, 6.45) is 5.36. The molecule has 0 radical (unpaired) electrons. The van der Waals surface area contributed by atoms with Crippen molar-refractivity contribution in [3.63, 3.8) is 0 Å². The highest BCUT2D eigenvalue weighted by Crippen LogP contribution is 1.99. The van der Waals surface area contributed by atoms with Crippen LogP contribution in [0.15, 0.2) is 29.5 Å². The molecule has 0 fully saturated rings. The highest BCUT2D eigenvalue weighted by molar-refractivity contribution is 7.71. The van der Waals surface area contributed by atoms with Gasteiger partial charge in [0.25, 0.3) is 5.56 Å². The van der Waals surface area contributed by atoms with E-state index in [1.807, 2.05) is 13.2 Å². The Morgan fingerprint density at radius 2 is 2.40 bits per heavy atom. The van der Waals surface area contributed by atoms with Gasteiger partial charge in [-0.05, 0) is 12.2 Å². The molecule has 0 aliphatic rings. The fourth-order valence-electron chi connectivity index (χ4n) is 1.32. The Morgan fingerprint density at radius 1 is 1.60 bits per heavy atom. The third-order valence-electron chi connectivity index (χ3n) is 2.01. The number of nitrogens with zero attached hydrogens (tertiary/aromatic N) is 3. The molecule has 2 aromatic heterocycles. The Kier molecular flexibility index (Phi) is 2.51. The van der Waals surface area contributed by atoms with Crippen molar-refractivity contribution in [2.45, 2.75) is 6.54 Å². The van der Waals surface area contributed by atoms with E-state index in [0.29, 0.717) is 11.3 Å². The van der Waals surface area contributed by atoms with Crippen LogP contribution in [-0.4, -0.2) is 19.3 Å². The van der Waals surface area contributed by atoms with Crippen molar-refractivity contribution in [2.75, 3.05) is 0 Å². The number of aryl methyl sites for hydroxylation is 1. The summed E-state index contributed by atoms with van der Waals surface area (Å²) in [4.78, 5) is 13.5. The first-order chi connectivity index (χ1) is 7.15. The summed E-state index contributed by atoms with van der Waals surface area (Å²) in [5, 5.41) is 4.06. The second kappa shape index (κ2) is 3.82. The largest absolute Gasteiger partial charge is 0.321 e. The first-order valence-corrected chi connectivity index (χ1v) is 4.83. The number of rotatable bonds is 2. The van der Waals surface area contributed by atoms with Gasteiger partial charge >= 0.3 is 0 Å². The maximum Gasteiger partial charge on any atom is 0.251 e. The molecule has 0 atom stereocenters. The monoisotopic (exact) mass is 222 g/mol. The Morgan fingerprint density at radius 3 is 3.00 bits per heavy atom. The number of nitrogens with one attached hydrogen (secondary N) is 1. The molecule has 0 aromatic carbocycles. The van der Waals surface area contributed by atoms with Crippen molar-refractivity contribution in [1.29, 1.82) is 0 Å². The molecule has 0 saturated carbocycles. The number of aromatic nitrogens is 4. The fraction of sp³-hybridized carbons (Fsp3) is 0.222. The van der Waals surface area contributed by atoms with Crippen molar-refractivity contribution in [2.24, 2.45) is 7.05 Å². The van der Waals surface area contributed by atoms with Gasteiger partial charge in [0, 0.05) is 31.1 Å². The summed E-state index contributed by atoms with van der Waals surface area (Å²) in [7, 11) is 1.86. The van der Waals surface area contributed by atoms with Crippen LogP contribution in [0.1, 0.15) is 5.56 Å². The van der Waals surface area contributed by atoms with Gasteiger partial charge in [-0.15, -0.1) is 0 Å². The number of hydrogen-bond donors (Lipinski definition) is 1. The lowest BCUT2D eigenvalue weighted by Crippen LogP contribution is -2.11. The summed E-state index contributed by atoms with van der Waals surface area (Å²) in [5.41, 5.74) is 0.864. The minimum absolute atomic E-state index is 0.178. The van der Waals surface area contributed by atoms with E-state index in [4.69, 9.17) is 12.2 Å². The summed E-state index contributed by atoms with van der Waals surface area (Å²) in [6.45, 7) is 0.615. The first-order valence-electron chi connectivity index (χ1n) is 4.42. The van der Waals surface area contributed by atoms with Crippen LogP contribution in [0.4, 0.5) is 0 Å². The van der Waals surface area contributed by atoms with Gasteiger partial charge in [-0.3, -0.25) is 14.5 Å². The van der Waals surface area contributed by atoms with Crippen molar-refractivity contribution < 1.29 is 0 Å². The van der Waals surface area contributed by atoms with E-state index in [1.165, 1.54) is 6.07 Å². The molecule has 0 spiro atoms. The van der Waals surface area contributed by atoms with Crippen LogP contribution in [0.2, 0.25) is 0 Å². The molecule has 6 heteroatoms. The zero-order chi connectivity index (χ0) is 10.8. The molecule has 0 bridgehead atoms. The second-order valence-electron chi connectivity index (χ2n) is 3.26. The Labute approximate surface area is 91.0 Å². The smallest absolute Gasteiger partial charge is 0.251 e. The van der Waals surface area contributed by atoms with E-state index in [0.717, 1.165) is 5.56 Å². The molecule has 2 rings (SSSR count). The van der Waals surface area contributed by atoms with Crippen LogP contribution in [-0.2, 0) is 13.6 Å². The van der Waals surface area contributed by atoms with Crippen molar-refractivity contribution in [1.82, 2.24) is 19.3 Å². The second-order valence-corrected chi connectivity index (χ2v) is 3.65. The maximum absolute atomic E-state index is 10.9. The molecule has 0 aliphatic heterocycles. The van der Waals surface area contributed by atoms with Crippen LogP contribution >= 0.6 is 12.2 Å². The van der Waals surface area contributed by atoms with E-state index < -0.39 is 0 Å². The average molecular weight is 222 g/mol. The predicted octanol–water partition coefficient (Wildman–Crippen LogP) is 0.688. The highest BCUT2D eigenvalue weighted by atomic mass is 32.1. The summed E-state index contributed by atoms with van der Waals surface area (Å²) < 4.78 is 3.93. The molecule has 2 aromatic rings. The van der Waals surface area contributed by atoms with Gasteiger partial charge in [-0.1, -0.05) is 0 Å². The minimum Gasteiger partial charge on any atom is -0.321 e. The molecule has 2 heterocycles.